The number of rotatable bonds is 3. The molecule has 0 aliphatic carbocycles. The lowest BCUT2D eigenvalue weighted by Crippen LogP contribution is -1.99. The second kappa shape index (κ2) is 4.85. The number of fused-ring (bicyclic) bond motifs is 1. The molecule has 3 rings (SSSR count). The van der Waals surface area contributed by atoms with Crippen molar-refractivity contribution in [2.24, 2.45) is 0 Å². The van der Waals surface area contributed by atoms with E-state index in [9.17, 15) is 0 Å². The summed E-state index contributed by atoms with van der Waals surface area (Å²) in [5, 5.41) is 12.5. The van der Waals surface area contributed by atoms with Crippen LogP contribution in [0.4, 0.5) is 0 Å². The summed E-state index contributed by atoms with van der Waals surface area (Å²) in [6.07, 6.45) is 0. The molecule has 5 nitrogen and oxygen atoms in total. The zero-order valence-electron chi connectivity index (χ0n) is 10.2. The molecule has 0 bridgehead atoms. The molecule has 0 unspecified atom stereocenters. The number of halogens is 1. The van der Waals surface area contributed by atoms with Gasteiger partial charge in [0, 0.05) is 5.56 Å². The molecule has 3 aromatic rings. The van der Waals surface area contributed by atoms with Crippen molar-refractivity contribution in [3.8, 4) is 17.0 Å². The van der Waals surface area contributed by atoms with E-state index in [2.05, 4.69) is 15.3 Å². The highest BCUT2D eigenvalue weighted by Gasteiger charge is 2.10. The highest BCUT2D eigenvalue weighted by molar-refractivity contribution is 6.16. The summed E-state index contributed by atoms with van der Waals surface area (Å²) in [6.45, 7) is 0. The maximum Gasteiger partial charge on any atom is 0.177 e. The van der Waals surface area contributed by atoms with Crippen LogP contribution >= 0.6 is 11.6 Å². The summed E-state index contributed by atoms with van der Waals surface area (Å²) in [6, 6.07) is 11.5. The molecule has 2 heterocycles. The number of benzene rings is 1. The van der Waals surface area contributed by atoms with Crippen LogP contribution in [0.15, 0.2) is 36.4 Å². The lowest BCUT2D eigenvalue weighted by Gasteiger charge is -2.07. The van der Waals surface area contributed by atoms with Gasteiger partial charge in [-0.05, 0) is 24.3 Å². The molecule has 0 radical (unpaired) electrons. The molecule has 1 aromatic carbocycles. The Morgan fingerprint density at radius 1 is 1.16 bits per heavy atom. The molecule has 0 atom stereocenters. The topological polar surface area (TPSA) is 52.3 Å². The van der Waals surface area contributed by atoms with Crippen LogP contribution in [0.5, 0.6) is 5.75 Å². The average Bonchev–Trinajstić information content (AvgIpc) is 2.89. The summed E-state index contributed by atoms with van der Waals surface area (Å²) in [5.41, 5.74) is 2.38. The van der Waals surface area contributed by atoms with Gasteiger partial charge in [-0.25, -0.2) is 0 Å². The summed E-state index contributed by atoms with van der Waals surface area (Å²) in [5.74, 6) is 1.66. The van der Waals surface area contributed by atoms with Crippen molar-refractivity contribution in [3.63, 3.8) is 0 Å². The standard InChI is InChI=1S/C13H11ClN4O/c1-19-11-5-3-2-4-9(11)10-6-7-12-15-16-13(8-14)18(12)17-10/h2-7H,8H2,1H3. The van der Waals surface area contributed by atoms with Gasteiger partial charge in [0.15, 0.2) is 11.5 Å². The first-order chi connectivity index (χ1) is 9.33. The third-order valence-electron chi connectivity index (χ3n) is 2.83. The number of alkyl halides is 1. The van der Waals surface area contributed by atoms with Crippen LogP contribution in [0, 0.1) is 0 Å². The Hall–Kier alpha value is -2.14. The van der Waals surface area contributed by atoms with E-state index in [0.717, 1.165) is 17.0 Å². The van der Waals surface area contributed by atoms with Crippen molar-refractivity contribution >= 4 is 17.2 Å². The first-order valence-corrected chi connectivity index (χ1v) is 6.27. The van der Waals surface area contributed by atoms with Gasteiger partial charge < -0.3 is 4.74 Å². The van der Waals surface area contributed by atoms with Crippen molar-refractivity contribution < 1.29 is 4.74 Å². The minimum atomic E-state index is 0.267. The van der Waals surface area contributed by atoms with Crippen molar-refractivity contribution in [2.75, 3.05) is 7.11 Å². The van der Waals surface area contributed by atoms with E-state index in [1.165, 1.54) is 0 Å². The smallest absolute Gasteiger partial charge is 0.177 e. The Morgan fingerprint density at radius 2 is 2.00 bits per heavy atom. The molecule has 0 amide bonds. The van der Waals surface area contributed by atoms with Gasteiger partial charge in [-0.15, -0.1) is 21.8 Å². The molecule has 0 N–H and O–H groups in total. The molecule has 6 heteroatoms. The van der Waals surface area contributed by atoms with Crippen LogP contribution in [-0.4, -0.2) is 26.9 Å². The molecule has 0 aliphatic rings. The van der Waals surface area contributed by atoms with Crippen LogP contribution < -0.4 is 4.74 Å². The van der Waals surface area contributed by atoms with Gasteiger partial charge in [-0.1, -0.05) is 12.1 Å². The first-order valence-electron chi connectivity index (χ1n) is 5.74. The van der Waals surface area contributed by atoms with Crippen LogP contribution in [0.1, 0.15) is 5.82 Å². The van der Waals surface area contributed by atoms with Crippen LogP contribution in [-0.2, 0) is 5.88 Å². The van der Waals surface area contributed by atoms with Gasteiger partial charge in [0.1, 0.15) is 5.75 Å². The molecule has 0 spiro atoms. The third-order valence-corrected chi connectivity index (χ3v) is 3.07. The minimum absolute atomic E-state index is 0.267. The Labute approximate surface area is 114 Å². The van der Waals surface area contributed by atoms with Crippen LogP contribution in [0.3, 0.4) is 0 Å². The fraction of sp³-hybridized carbons (Fsp3) is 0.154. The van der Waals surface area contributed by atoms with E-state index in [1.54, 1.807) is 11.6 Å². The molecule has 0 saturated carbocycles. The number of nitrogens with zero attached hydrogens (tertiary/aromatic N) is 4. The van der Waals surface area contributed by atoms with Crippen molar-refractivity contribution in [1.29, 1.82) is 0 Å². The minimum Gasteiger partial charge on any atom is -0.496 e. The molecular weight excluding hydrogens is 264 g/mol. The van der Waals surface area contributed by atoms with E-state index >= 15 is 0 Å². The normalized spacial score (nSPS) is 10.8. The monoisotopic (exact) mass is 274 g/mol. The summed E-state index contributed by atoms with van der Waals surface area (Å²) < 4.78 is 6.99. The highest BCUT2D eigenvalue weighted by atomic mass is 35.5. The quantitative estimate of drug-likeness (QED) is 0.689. The zero-order valence-corrected chi connectivity index (χ0v) is 11.0. The van der Waals surface area contributed by atoms with Gasteiger partial charge in [0.2, 0.25) is 0 Å². The number of aromatic nitrogens is 4. The molecule has 0 fully saturated rings. The van der Waals surface area contributed by atoms with Gasteiger partial charge in [0.05, 0.1) is 18.7 Å². The molecule has 2 aromatic heterocycles. The Morgan fingerprint density at radius 3 is 2.79 bits per heavy atom. The van der Waals surface area contributed by atoms with E-state index in [4.69, 9.17) is 16.3 Å². The highest BCUT2D eigenvalue weighted by Crippen LogP contribution is 2.27. The predicted molar refractivity (Wildman–Crippen MR) is 72.3 cm³/mol. The lowest BCUT2D eigenvalue weighted by molar-refractivity contribution is 0.416. The largest absolute Gasteiger partial charge is 0.496 e. The SMILES string of the molecule is COc1ccccc1-c1ccc2nnc(CCl)n2n1. The third kappa shape index (κ3) is 2.02. The predicted octanol–water partition coefficient (Wildman–Crippen LogP) is 2.54. The van der Waals surface area contributed by atoms with Crippen molar-refractivity contribution in [3.05, 3.63) is 42.2 Å². The lowest BCUT2D eigenvalue weighted by atomic mass is 10.1. The Kier molecular flexibility index (Phi) is 3.05. The molecule has 96 valence electrons. The van der Waals surface area contributed by atoms with E-state index in [0.29, 0.717) is 11.5 Å². The number of hydrogen-bond donors (Lipinski definition) is 0. The first kappa shape index (κ1) is 11.9. The number of hydrogen-bond acceptors (Lipinski definition) is 4. The van der Waals surface area contributed by atoms with Gasteiger partial charge in [-0.3, -0.25) is 0 Å². The maximum absolute atomic E-state index is 5.82. The van der Waals surface area contributed by atoms with Gasteiger partial charge in [0.25, 0.3) is 0 Å². The number of methoxy groups -OCH3 is 1. The maximum atomic E-state index is 5.82. The van der Waals surface area contributed by atoms with Crippen molar-refractivity contribution in [2.45, 2.75) is 5.88 Å². The molecular formula is C13H11ClN4O. The van der Waals surface area contributed by atoms with E-state index in [1.807, 2.05) is 36.4 Å². The fourth-order valence-electron chi connectivity index (χ4n) is 1.92. The van der Waals surface area contributed by atoms with E-state index < -0.39 is 0 Å². The summed E-state index contributed by atoms with van der Waals surface area (Å²) in [4.78, 5) is 0. The molecule has 0 aliphatic heterocycles. The Balaban J connectivity index is 2.19. The van der Waals surface area contributed by atoms with Crippen molar-refractivity contribution in [1.82, 2.24) is 19.8 Å². The summed E-state index contributed by atoms with van der Waals surface area (Å²) >= 11 is 5.82. The molecule has 19 heavy (non-hydrogen) atoms. The number of ether oxygens (including phenoxy) is 1. The Bertz CT molecular complexity index is 725. The fourth-order valence-corrected chi connectivity index (χ4v) is 2.08. The van der Waals surface area contributed by atoms with E-state index in [-0.39, 0.29) is 5.88 Å². The summed E-state index contributed by atoms with van der Waals surface area (Å²) in [7, 11) is 1.64. The van der Waals surface area contributed by atoms with Gasteiger partial charge >= 0.3 is 0 Å². The second-order valence-corrected chi connectivity index (χ2v) is 4.21. The zero-order chi connectivity index (χ0) is 13.2. The number of para-hydroxylation sites is 1. The second-order valence-electron chi connectivity index (χ2n) is 3.94. The molecule has 0 saturated heterocycles. The van der Waals surface area contributed by atoms with Crippen LogP contribution in [0.2, 0.25) is 0 Å². The average molecular weight is 275 g/mol. The van der Waals surface area contributed by atoms with Gasteiger partial charge in [-0.2, -0.15) is 9.61 Å². The van der Waals surface area contributed by atoms with Crippen LogP contribution in [0.25, 0.3) is 16.9 Å².